The number of amides is 2. The third-order valence-electron chi connectivity index (χ3n) is 6.26. The van der Waals surface area contributed by atoms with Gasteiger partial charge in [-0.15, -0.1) is 11.3 Å². The predicted molar refractivity (Wildman–Crippen MR) is 138 cm³/mol. The topological polar surface area (TPSA) is 93.5 Å². The van der Waals surface area contributed by atoms with Gasteiger partial charge in [0, 0.05) is 25.0 Å². The van der Waals surface area contributed by atoms with E-state index in [0.717, 1.165) is 23.3 Å². The highest BCUT2D eigenvalue weighted by Gasteiger charge is 2.27. The van der Waals surface area contributed by atoms with Crippen LogP contribution in [0, 0.1) is 0 Å². The minimum absolute atomic E-state index is 0.0256. The number of benzene rings is 1. The summed E-state index contributed by atoms with van der Waals surface area (Å²) in [4.78, 5) is 46.5. The first kappa shape index (κ1) is 24.3. The Kier molecular flexibility index (Phi) is 7.15. The number of fused-ring (bicyclic) bond motifs is 3. The molecule has 184 valence electrons. The Morgan fingerprint density at radius 3 is 2.91 bits per heavy atom. The van der Waals surface area contributed by atoms with E-state index < -0.39 is 0 Å². The molecule has 4 heterocycles. The zero-order valence-electron chi connectivity index (χ0n) is 19.2. The number of nitrogens with zero attached hydrogens (tertiary/aromatic N) is 3. The third-order valence-corrected chi connectivity index (χ3v) is 8.68. The maximum absolute atomic E-state index is 13.7. The number of carbonyl (C=O) groups is 2. The first-order valence-electron chi connectivity index (χ1n) is 11.5. The Morgan fingerprint density at radius 2 is 2.17 bits per heavy atom. The van der Waals surface area contributed by atoms with Crippen LogP contribution >= 0.6 is 34.7 Å². The van der Waals surface area contributed by atoms with E-state index in [-0.39, 0.29) is 29.2 Å². The van der Waals surface area contributed by atoms with Crippen LogP contribution in [-0.4, -0.2) is 51.3 Å². The maximum Gasteiger partial charge on any atom is 0.263 e. The molecule has 8 nitrogen and oxygen atoms in total. The number of hydrogen-bond acceptors (Lipinski definition) is 7. The van der Waals surface area contributed by atoms with Crippen molar-refractivity contribution in [2.45, 2.75) is 50.5 Å². The summed E-state index contributed by atoms with van der Waals surface area (Å²) in [7, 11) is 0. The van der Waals surface area contributed by atoms with Crippen molar-refractivity contribution in [1.82, 2.24) is 14.5 Å². The van der Waals surface area contributed by atoms with Crippen LogP contribution in [0.5, 0.6) is 0 Å². The van der Waals surface area contributed by atoms with Crippen molar-refractivity contribution in [3.05, 3.63) is 50.1 Å². The van der Waals surface area contributed by atoms with Gasteiger partial charge >= 0.3 is 0 Å². The summed E-state index contributed by atoms with van der Waals surface area (Å²) >= 11 is 8.84. The fourth-order valence-electron chi connectivity index (χ4n) is 4.47. The van der Waals surface area contributed by atoms with Gasteiger partial charge in [0.2, 0.25) is 11.8 Å². The molecule has 1 unspecified atom stereocenters. The monoisotopic (exact) mass is 532 g/mol. The summed E-state index contributed by atoms with van der Waals surface area (Å²) < 4.78 is 7.46. The molecule has 0 spiro atoms. The van der Waals surface area contributed by atoms with E-state index >= 15 is 0 Å². The molecule has 0 bridgehead atoms. The third kappa shape index (κ3) is 5.11. The van der Waals surface area contributed by atoms with E-state index in [9.17, 15) is 14.4 Å². The van der Waals surface area contributed by atoms with Crippen molar-refractivity contribution < 1.29 is 14.3 Å². The number of thioether (sulfide) groups is 1. The van der Waals surface area contributed by atoms with Gasteiger partial charge in [0.05, 0.1) is 41.0 Å². The fourth-order valence-corrected chi connectivity index (χ4v) is 6.74. The Balaban J connectivity index is 1.45. The Bertz CT molecular complexity index is 1350. The molecule has 3 aromatic rings. The SMILES string of the molecule is CC(=O)N1CCc2c(sc3nc(SCC(=O)Nc4ccccc4Cl)n(CC4CCCO4)c(=O)c23)C1. The minimum Gasteiger partial charge on any atom is -0.376 e. The van der Waals surface area contributed by atoms with Crippen LogP contribution in [0.4, 0.5) is 5.69 Å². The van der Waals surface area contributed by atoms with Crippen molar-refractivity contribution in [1.29, 1.82) is 0 Å². The van der Waals surface area contributed by atoms with E-state index in [4.69, 9.17) is 21.3 Å². The second kappa shape index (κ2) is 10.3. The summed E-state index contributed by atoms with van der Waals surface area (Å²) in [5.41, 5.74) is 1.43. The number of aromatic nitrogens is 2. The number of hydrogen-bond donors (Lipinski definition) is 1. The van der Waals surface area contributed by atoms with Crippen molar-refractivity contribution in [2.24, 2.45) is 0 Å². The molecule has 0 radical (unpaired) electrons. The van der Waals surface area contributed by atoms with Crippen LogP contribution in [-0.2, 0) is 33.8 Å². The van der Waals surface area contributed by atoms with Gasteiger partial charge in [0.1, 0.15) is 4.83 Å². The average Bonchev–Trinajstić information content (AvgIpc) is 3.48. The largest absolute Gasteiger partial charge is 0.376 e. The smallest absolute Gasteiger partial charge is 0.263 e. The van der Waals surface area contributed by atoms with Crippen LogP contribution in [0.25, 0.3) is 10.2 Å². The van der Waals surface area contributed by atoms with Crippen molar-refractivity contribution in [3.8, 4) is 0 Å². The second-order valence-corrected chi connectivity index (χ2v) is 11.1. The van der Waals surface area contributed by atoms with Gasteiger partial charge in [0.15, 0.2) is 5.16 Å². The van der Waals surface area contributed by atoms with Crippen LogP contribution in [0.15, 0.2) is 34.2 Å². The first-order valence-corrected chi connectivity index (χ1v) is 13.7. The summed E-state index contributed by atoms with van der Waals surface area (Å²) in [5.74, 6) is -0.126. The summed E-state index contributed by atoms with van der Waals surface area (Å²) in [6, 6.07) is 7.05. The van der Waals surface area contributed by atoms with Crippen LogP contribution in [0.3, 0.4) is 0 Å². The van der Waals surface area contributed by atoms with Gasteiger partial charge in [-0.1, -0.05) is 35.5 Å². The summed E-state index contributed by atoms with van der Waals surface area (Å²) in [5, 5.41) is 4.41. The molecule has 1 N–H and O–H groups in total. The van der Waals surface area contributed by atoms with Crippen molar-refractivity contribution >= 4 is 62.4 Å². The molecular weight excluding hydrogens is 508 g/mol. The molecular formula is C24H25ClN4O4S2. The van der Waals surface area contributed by atoms with Crippen LogP contribution in [0.1, 0.15) is 30.2 Å². The number of para-hydroxylation sites is 1. The molecule has 2 aliphatic rings. The predicted octanol–water partition coefficient (Wildman–Crippen LogP) is 3.93. The first-order chi connectivity index (χ1) is 16.9. The Hall–Kier alpha value is -2.40. The van der Waals surface area contributed by atoms with Gasteiger partial charge in [-0.2, -0.15) is 0 Å². The highest BCUT2D eigenvalue weighted by atomic mass is 35.5. The zero-order valence-corrected chi connectivity index (χ0v) is 21.6. The van der Waals surface area contributed by atoms with E-state index in [1.165, 1.54) is 23.1 Å². The average molecular weight is 533 g/mol. The van der Waals surface area contributed by atoms with E-state index in [1.807, 2.05) is 0 Å². The zero-order chi connectivity index (χ0) is 24.5. The second-order valence-electron chi connectivity index (χ2n) is 8.64. The van der Waals surface area contributed by atoms with Crippen molar-refractivity contribution in [2.75, 3.05) is 24.2 Å². The lowest BCUT2D eigenvalue weighted by Gasteiger charge is -2.25. The van der Waals surface area contributed by atoms with Crippen LogP contribution in [0.2, 0.25) is 5.02 Å². The molecule has 0 aliphatic carbocycles. The highest BCUT2D eigenvalue weighted by Crippen LogP contribution is 2.34. The molecule has 35 heavy (non-hydrogen) atoms. The highest BCUT2D eigenvalue weighted by molar-refractivity contribution is 7.99. The molecule has 2 amide bonds. The quantitative estimate of drug-likeness (QED) is 0.382. The normalized spacial score (nSPS) is 17.5. The van der Waals surface area contributed by atoms with E-state index in [0.29, 0.717) is 58.7 Å². The van der Waals surface area contributed by atoms with E-state index in [1.54, 1.807) is 40.7 Å². The number of anilines is 1. The number of nitrogens with one attached hydrogen (secondary N) is 1. The van der Waals surface area contributed by atoms with Crippen LogP contribution < -0.4 is 10.9 Å². The van der Waals surface area contributed by atoms with Gasteiger partial charge in [-0.3, -0.25) is 19.0 Å². The molecule has 0 saturated carbocycles. The number of carbonyl (C=O) groups excluding carboxylic acids is 2. The minimum atomic E-state index is -0.233. The number of halogens is 1. The maximum atomic E-state index is 13.7. The molecule has 1 fully saturated rings. The molecule has 5 rings (SSSR count). The lowest BCUT2D eigenvalue weighted by Crippen LogP contribution is -2.34. The van der Waals surface area contributed by atoms with Gasteiger partial charge < -0.3 is 15.0 Å². The summed E-state index contributed by atoms with van der Waals surface area (Å²) in [6.45, 7) is 3.75. The van der Waals surface area contributed by atoms with Gasteiger partial charge in [-0.25, -0.2) is 4.98 Å². The van der Waals surface area contributed by atoms with E-state index in [2.05, 4.69) is 5.32 Å². The fraction of sp³-hybridized carbons (Fsp3) is 0.417. The standard InChI is InChI=1S/C24H25ClN4O4S2/c1-14(30)28-9-8-16-19(12-28)35-22-21(16)23(32)29(11-15-5-4-10-33-15)24(27-22)34-13-20(31)26-18-7-3-2-6-17(18)25/h2-3,6-7,15H,4-5,8-13H2,1H3,(H,26,31). The molecule has 1 aromatic carbocycles. The molecule has 1 saturated heterocycles. The number of rotatable bonds is 6. The van der Waals surface area contributed by atoms with Crippen molar-refractivity contribution in [3.63, 3.8) is 0 Å². The molecule has 2 aliphatic heterocycles. The molecule has 2 aromatic heterocycles. The number of ether oxygens (including phenoxy) is 1. The van der Waals surface area contributed by atoms with Gasteiger partial charge in [-0.05, 0) is 37.0 Å². The lowest BCUT2D eigenvalue weighted by atomic mass is 10.1. The molecule has 11 heteroatoms. The Labute approximate surface area is 215 Å². The Morgan fingerprint density at radius 1 is 1.34 bits per heavy atom. The lowest BCUT2D eigenvalue weighted by molar-refractivity contribution is -0.129. The molecule has 1 atom stereocenters. The number of thiophene rings is 1. The van der Waals surface area contributed by atoms with Gasteiger partial charge in [0.25, 0.3) is 5.56 Å². The summed E-state index contributed by atoms with van der Waals surface area (Å²) in [6.07, 6.45) is 2.44.